The number of carbonyl (C=O) groups excluding carboxylic acids is 2. The van der Waals surface area contributed by atoms with Gasteiger partial charge in [0.25, 0.3) is 5.91 Å². The first kappa shape index (κ1) is 25.5. The largest absolute Gasteiger partial charge is 0.444 e. The number of halogens is 2. The molecule has 0 saturated carbocycles. The highest BCUT2D eigenvalue weighted by molar-refractivity contribution is 5.94. The van der Waals surface area contributed by atoms with Gasteiger partial charge in [0.2, 0.25) is 0 Å². The van der Waals surface area contributed by atoms with Crippen molar-refractivity contribution in [3.63, 3.8) is 0 Å². The maximum atomic E-state index is 15.2. The van der Waals surface area contributed by atoms with Crippen LogP contribution in [0.2, 0.25) is 0 Å². The molecule has 11 heteroatoms. The first-order valence-electron chi connectivity index (χ1n) is 11.6. The Kier molecular flexibility index (Phi) is 6.94. The van der Waals surface area contributed by atoms with Crippen molar-refractivity contribution in [2.24, 2.45) is 0 Å². The van der Waals surface area contributed by atoms with Crippen LogP contribution in [0.1, 0.15) is 36.7 Å². The predicted molar refractivity (Wildman–Crippen MR) is 129 cm³/mol. The normalized spacial score (nSPS) is 16.3. The molecular formula is C25H29F2N5O4. The van der Waals surface area contributed by atoms with Crippen LogP contribution in [-0.4, -0.2) is 69.9 Å². The van der Waals surface area contributed by atoms with E-state index in [4.69, 9.17) is 9.47 Å². The van der Waals surface area contributed by atoms with Crippen LogP contribution in [0.5, 0.6) is 0 Å². The lowest BCUT2D eigenvalue weighted by atomic mass is 10.1. The molecule has 1 aliphatic rings. The van der Waals surface area contributed by atoms with Gasteiger partial charge < -0.3 is 24.3 Å². The second kappa shape index (κ2) is 9.81. The number of imidazole rings is 1. The number of carbonyl (C=O) groups is 2. The molecule has 36 heavy (non-hydrogen) atoms. The van der Waals surface area contributed by atoms with Crippen LogP contribution in [0.15, 0.2) is 24.4 Å². The Morgan fingerprint density at radius 3 is 2.56 bits per heavy atom. The third-order valence-corrected chi connectivity index (χ3v) is 5.65. The number of nitrogens with zero attached hydrogens (tertiary/aromatic N) is 4. The van der Waals surface area contributed by atoms with Crippen LogP contribution in [0.4, 0.5) is 13.6 Å². The van der Waals surface area contributed by atoms with Crippen molar-refractivity contribution in [1.29, 1.82) is 0 Å². The number of fused-ring (bicyclic) bond motifs is 1. The number of rotatable bonds is 4. The topological polar surface area (TPSA) is 98.6 Å². The lowest BCUT2D eigenvalue weighted by Gasteiger charge is -2.34. The second-order valence-electron chi connectivity index (χ2n) is 9.71. The Morgan fingerprint density at radius 1 is 1.22 bits per heavy atom. The molecule has 9 nitrogen and oxygen atoms in total. The summed E-state index contributed by atoms with van der Waals surface area (Å²) in [6.07, 6.45) is 0.685. The minimum absolute atomic E-state index is 0.0135. The highest BCUT2D eigenvalue weighted by atomic mass is 19.1. The van der Waals surface area contributed by atoms with E-state index in [9.17, 15) is 9.59 Å². The summed E-state index contributed by atoms with van der Waals surface area (Å²) in [6, 6.07) is 3.72. The van der Waals surface area contributed by atoms with E-state index in [1.807, 2.05) is 6.92 Å². The van der Waals surface area contributed by atoms with E-state index in [-0.39, 0.29) is 36.6 Å². The van der Waals surface area contributed by atoms with Gasteiger partial charge >= 0.3 is 6.09 Å². The van der Waals surface area contributed by atoms with Gasteiger partial charge in [-0.1, -0.05) is 0 Å². The number of hydrogen-bond donors (Lipinski definition) is 1. The Balaban J connectivity index is 1.72. The van der Waals surface area contributed by atoms with Gasteiger partial charge in [-0.2, -0.15) is 0 Å². The van der Waals surface area contributed by atoms with Crippen molar-refractivity contribution in [2.75, 3.05) is 26.7 Å². The average molecular weight is 502 g/mol. The highest BCUT2D eigenvalue weighted by Crippen LogP contribution is 2.30. The van der Waals surface area contributed by atoms with Gasteiger partial charge in [0, 0.05) is 25.4 Å². The lowest BCUT2D eigenvalue weighted by molar-refractivity contribution is -0.0468. The molecule has 2 aromatic heterocycles. The van der Waals surface area contributed by atoms with Gasteiger partial charge in [-0.3, -0.25) is 4.79 Å². The minimum Gasteiger partial charge on any atom is -0.444 e. The van der Waals surface area contributed by atoms with Crippen LogP contribution in [0, 0.1) is 18.6 Å². The molecule has 1 N–H and O–H groups in total. The molecular weight excluding hydrogens is 472 g/mol. The second-order valence-corrected chi connectivity index (χ2v) is 9.71. The van der Waals surface area contributed by atoms with Crippen LogP contribution in [0.3, 0.4) is 0 Å². The van der Waals surface area contributed by atoms with E-state index in [0.29, 0.717) is 17.7 Å². The van der Waals surface area contributed by atoms with Crippen molar-refractivity contribution in [2.45, 2.75) is 45.9 Å². The molecule has 1 aromatic carbocycles. The van der Waals surface area contributed by atoms with Crippen LogP contribution in [0.25, 0.3) is 22.6 Å². The molecule has 0 spiro atoms. The van der Waals surface area contributed by atoms with E-state index >= 15 is 8.78 Å². The zero-order valence-corrected chi connectivity index (χ0v) is 20.9. The molecule has 1 saturated heterocycles. The fourth-order valence-electron chi connectivity index (χ4n) is 4.06. The van der Waals surface area contributed by atoms with Crippen molar-refractivity contribution in [1.82, 2.24) is 24.8 Å². The molecule has 0 bridgehead atoms. The maximum absolute atomic E-state index is 15.2. The zero-order chi connectivity index (χ0) is 26.2. The summed E-state index contributed by atoms with van der Waals surface area (Å²) in [6.45, 7) is 8.22. The molecule has 1 atom stereocenters. The van der Waals surface area contributed by atoms with E-state index in [0.717, 1.165) is 17.7 Å². The Hall–Kier alpha value is -3.60. The Bertz CT molecular complexity index is 1290. The lowest BCUT2D eigenvalue weighted by Crippen LogP contribution is -2.48. The fraction of sp³-hybridized carbons (Fsp3) is 0.440. The number of amides is 2. The summed E-state index contributed by atoms with van der Waals surface area (Å²) in [5, 5.41) is 2.35. The SMILES string of the molecule is CNC(=O)c1cc(F)c(-c2nc3cc(C)cnc3n2CC2CN(C(=O)OC(C)(C)C)CCO2)c(F)c1. The van der Waals surface area contributed by atoms with E-state index in [2.05, 4.69) is 15.3 Å². The molecule has 4 rings (SSSR count). The summed E-state index contributed by atoms with van der Waals surface area (Å²) < 4.78 is 43.3. The molecule has 192 valence electrons. The highest BCUT2D eigenvalue weighted by Gasteiger charge is 2.30. The molecule has 1 aliphatic heterocycles. The predicted octanol–water partition coefficient (Wildman–Crippen LogP) is 3.68. The first-order chi connectivity index (χ1) is 17.0. The maximum Gasteiger partial charge on any atom is 0.410 e. The monoisotopic (exact) mass is 501 g/mol. The van der Waals surface area contributed by atoms with Crippen molar-refractivity contribution < 1.29 is 27.8 Å². The third-order valence-electron chi connectivity index (χ3n) is 5.65. The number of pyridine rings is 1. The summed E-state index contributed by atoms with van der Waals surface area (Å²) in [5.74, 6) is -2.45. The standard InChI is InChI=1S/C25H29F2N5O4/c1-14-8-19-21(29-11-14)32(13-16-12-31(6-7-35-16)24(34)36-25(2,3)4)22(30-19)20-17(26)9-15(10-18(20)27)23(33)28-5/h8-11,16H,6-7,12-13H2,1-5H3,(H,28,33). The number of benzene rings is 1. The number of morpholine rings is 1. The summed E-state index contributed by atoms with van der Waals surface area (Å²) in [5.41, 5.74) is 0.548. The van der Waals surface area contributed by atoms with Crippen LogP contribution >= 0.6 is 0 Å². The number of hydrogen-bond acceptors (Lipinski definition) is 6. The molecule has 1 fully saturated rings. The van der Waals surface area contributed by atoms with E-state index in [1.54, 1.807) is 42.5 Å². The number of aryl methyl sites for hydroxylation is 1. The molecule has 1 unspecified atom stereocenters. The van der Waals surface area contributed by atoms with Gasteiger partial charge in [-0.05, 0) is 51.5 Å². The van der Waals surface area contributed by atoms with Crippen molar-refractivity contribution in [3.05, 3.63) is 47.2 Å². The number of nitrogens with one attached hydrogen (secondary N) is 1. The van der Waals surface area contributed by atoms with Gasteiger partial charge in [-0.15, -0.1) is 0 Å². The van der Waals surface area contributed by atoms with Crippen molar-refractivity contribution >= 4 is 23.2 Å². The van der Waals surface area contributed by atoms with E-state index in [1.165, 1.54) is 7.05 Å². The molecule has 0 aliphatic carbocycles. The van der Waals surface area contributed by atoms with Gasteiger partial charge in [0.05, 0.1) is 31.4 Å². The smallest absolute Gasteiger partial charge is 0.410 e. The molecule has 3 aromatic rings. The summed E-state index contributed by atoms with van der Waals surface area (Å²) in [7, 11) is 1.38. The summed E-state index contributed by atoms with van der Waals surface area (Å²) >= 11 is 0. The first-order valence-corrected chi connectivity index (χ1v) is 11.6. The molecule has 2 amide bonds. The number of aromatic nitrogens is 3. The molecule has 0 radical (unpaired) electrons. The quantitative estimate of drug-likeness (QED) is 0.586. The average Bonchev–Trinajstić information content (AvgIpc) is 3.13. The van der Waals surface area contributed by atoms with Gasteiger partial charge in [0.15, 0.2) is 5.65 Å². The van der Waals surface area contributed by atoms with Crippen molar-refractivity contribution in [3.8, 4) is 11.4 Å². The van der Waals surface area contributed by atoms with E-state index < -0.39 is 35.3 Å². The van der Waals surface area contributed by atoms with Gasteiger partial charge in [0.1, 0.15) is 28.6 Å². The zero-order valence-electron chi connectivity index (χ0n) is 20.9. The number of ether oxygens (including phenoxy) is 2. The minimum atomic E-state index is -0.929. The summed E-state index contributed by atoms with van der Waals surface area (Å²) in [4.78, 5) is 35.0. The fourth-order valence-corrected chi connectivity index (χ4v) is 4.06. The molecule has 3 heterocycles. The van der Waals surface area contributed by atoms with Gasteiger partial charge in [-0.25, -0.2) is 23.5 Å². The van der Waals surface area contributed by atoms with Crippen LogP contribution in [-0.2, 0) is 16.0 Å². The Labute approximate surface area is 207 Å². The van der Waals surface area contributed by atoms with Crippen LogP contribution < -0.4 is 5.32 Å². The Morgan fingerprint density at radius 2 is 1.92 bits per heavy atom. The third kappa shape index (κ3) is 5.30.